The second-order valence-corrected chi connectivity index (χ2v) is 6.29. The first-order valence-corrected chi connectivity index (χ1v) is 8.23. The lowest BCUT2D eigenvalue weighted by atomic mass is 10.0. The van der Waals surface area contributed by atoms with Crippen LogP contribution < -0.4 is 0 Å². The molecule has 1 atom stereocenters. The number of aryl methyl sites for hydroxylation is 1. The van der Waals surface area contributed by atoms with Crippen LogP contribution in [0.15, 0.2) is 34.7 Å². The number of carbonyl (C=O) groups excluding carboxylic acids is 1. The molecule has 0 bridgehead atoms. The number of furan rings is 1. The van der Waals surface area contributed by atoms with Gasteiger partial charge in [-0.3, -0.25) is 4.79 Å². The summed E-state index contributed by atoms with van der Waals surface area (Å²) in [4.78, 5) is 26.0. The van der Waals surface area contributed by atoms with Crippen molar-refractivity contribution in [2.24, 2.45) is 0 Å². The van der Waals surface area contributed by atoms with Gasteiger partial charge in [0.15, 0.2) is 0 Å². The molecule has 1 N–H and O–H groups in total. The summed E-state index contributed by atoms with van der Waals surface area (Å²) >= 11 is 0. The van der Waals surface area contributed by atoms with Crippen LogP contribution in [0.25, 0.3) is 0 Å². The number of carbonyl (C=O) groups is 2. The van der Waals surface area contributed by atoms with E-state index in [9.17, 15) is 14.7 Å². The molecule has 1 unspecified atom stereocenters. The van der Waals surface area contributed by atoms with E-state index in [1.54, 1.807) is 31.1 Å². The van der Waals surface area contributed by atoms with E-state index in [4.69, 9.17) is 9.15 Å². The Bertz CT molecular complexity index is 795. The molecule has 1 fully saturated rings. The van der Waals surface area contributed by atoms with Crippen LogP contribution in [0.2, 0.25) is 0 Å². The number of carboxylic acids is 1. The average Bonchev–Trinajstić information content (AvgIpc) is 3.22. The zero-order valence-electron chi connectivity index (χ0n) is 14.3. The number of hydrogen-bond acceptors (Lipinski definition) is 4. The first-order valence-electron chi connectivity index (χ1n) is 8.23. The summed E-state index contributed by atoms with van der Waals surface area (Å²) in [5.41, 5.74) is 1.27. The Morgan fingerprint density at radius 1 is 1.28 bits per heavy atom. The summed E-state index contributed by atoms with van der Waals surface area (Å²) in [6.45, 7) is 2.80. The van der Waals surface area contributed by atoms with Crippen molar-refractivity contribution in [3.8, 4) is 0 Å². The third kappa shape index (κ3) is 3.58. The summed E-state index contributed by atoms with van der Waals surface area (Å²) in [6, 6.07) is 8.32. The smallest absolute Gasteiger partial charge is 0.335 e. The van der Waals surface area contributed by atoms with Gasteiger partial charge in [0.05, 0.1) is 11.6 Å². The molecule has 0 spiro atoms. The van der Waals surface area contributed by atoms with Crippen LogP contribution in [0, 0.1) is 6.92 Å². The van der Waals surface area contributed by atoms with Crippen LogP contribution in [-0.2, 0) is 11.3 Å². The number of hydrogen-bond donors (Lipinski definition) is 1. The van der Waals surface area contributed by atoms with Crippen molar-refractivity contribution >= 4 is 11.9 Å². The Labute approximate surface area is 146 Å². The number of benzene rings is 1. The molecule has 132 valence electrons. The molecule has 1 aromatic heterocycles. The molecule has 0 saturated carbocycles. The van der Waals surface area contributed by atoms with Gasteiger partial charge in [0, 0.05) is 19.2 Å². The Balaban J connectivity index is 1.86. The number of rotatable bonds is 5. The van der Waals surface area contributed by atoms with Crippen molar-refractivity contribution in [3.63, 3.8) is 0 Å². The largest absolute Gasteiger partial charge is 0.478 e. The van der Waals surface area contributed by atoms with Gasteiger partial charge in [-0.25, -0.2) is 4.79 Å². The molecular weight excluding hydrogens is 322 g/mol. The van der Waals surface area contributed by atoms with Crippen molar-refractivity contribution in [1.82, 2.24) is 4.90 Å². The molecule has 3 rings (SSSR count). The first-order chi connectivity index (χ1) is 12.0. The zero-order valence-corrected chi connectivity index (χ0v) is 14.3. The van der Waals surface area contributed by atoms with Gasteiger partial charge in [-0.1, -0.05) is 0 Å². The van der Waals surface area contributed by atoms with Crippen LogP contribution in [0.1, 0.15) is 56.7 Å². The van der Waals surface area contributed by atoms with E-state index in [0.717, 1.165) is 29.9 Å². The topological polar surface area (TPSA) is 80.0 Å². The monoisotopic (exact) mass is 343 g/mol. The van der Waals surface area contributed by atoms with E-state index in [2.05, 4.69) is 0 Å². The summed E-state index contributed by atoms with van der Waals surface area (Å²) < 4.78 is 10.9. The summed E-state index contributed by atoms with van der Waals surface area (Å²) in [6.07, 6.45) is 1.71. The Hall–Kier alpha value is -2.60. The second-order valence-electron chi connectivity index (χ2n) is 6.29. The van der Waals surface area contributed by atoms with Crippen molar-refractivity contribution < 1.29 is 23.8 Å². The van der Waals surface area contributed by atoms with Gasteiger partial charge in [0.25, 0.3) is 5.91 Å². The molecule has 2 aromatic rings. The predicted molar refractivity (Wildman–Crippen MR) is 90.6 cm³/mol. The Kier molecular flexibility index (Phi) is 4.90. The minimum Gasteiger partial charge on any atom is -0.478 e. The minimum absolute atomic E-state index is 0.125. The van der Waals surface area contributed by atoms with E-state index < -0.39 is 5.97 Å². The van der Waals surface area contributed by atoms with E-state index in [1.807, 2.05) is 12.1 Å². The van der Waals surface area contributed by atoms with Crippen molar-refractivity contribution in [3.05, 3.63) is 58.5 Å². The van der Waals surface area contributed by atoms with Crippen LogP contribution in [0.4, 0.5) is 0 Å². The number of methoxy groups -OCH3 is 1. The summed E-state index contributed by atoms with van der Waals surface area (Å²) in [5.74, 6) is 0.258. The van der Waals surface area contributed by atoms with Crippen molar-refractivity contribution in [1.29, 1.82) is 0 Å². The highest BCUT2D eigenvalue weighted by Crippen LogP contribution is 2.34. The molecule has 1 saturated heterocycles. The molecule has 1 aliphatic rings. The SMILES string of the molecule is COCc1ccc(C2CCCN2C(=O)c2cc(C)cc(C(=O)O)c2)o1. The number of aromatic carboxylic acids is 1. The van der Waals surface area contributed by atoms with Crippen LogP contribution in [0.5, 0.6) is 0 Å². The van der Waals surface area contributed by atoms with Gasteiger partial charge < -0.3 is 19.2 Å². The van der Waals surface area contributed by atoms with Gasteiger partial charge in [-0.15, -0.1) is 0 Å². The third-order valence-corrected chi connectivity index (χ3v) is 4.38. The van der Waals surface area contributed by atoms with Gasteiger partial charge in [-0.05, 0) is 55.7 Å². The number of carboxylic acid groups (broad SMARTS) is 1. The highest BCUT2D eigenvalue weighted by molar-refractivity contribution is 5.98. The van der Waals surface area contributed by atoms with Gasteiger partial charge >= 0.3 is 5.97 Å². The van der Waals surface area contributed by atoms with E-state index in [0.29, 0.717) is 18.7 Å². The Morgan fingerprint density at radius 3 is 2.76 bits per heavy atom. The van der Waals surface area contributed by atoms with E-state index >= 15 is 0 Å². The molecule has 0 aliphatic carbocycles. The molecule has 1 amide bonds. The lowest BCUT2D eigenvalue weighted by Gasteiger charge is -2.23. The average molecular weight is 343 g/mol. The van der Waals surface area contributed by atoms with Gasteiger partial charge in [0.2, 0.25) is 0 Å². The van der Waals surface area contributed by atoms with Crippen LogP contribution in [-0.4, -0.2) is 35.5 Å². The van der Waals surface area contributed by atoms with E-state index in [1.165, 1.54) is 6.07 Å². The lowest BCUT2D eigenvalue weighted by molar-refractivity contribution is 0.0696. The molecule has 2 heterocycles. The molecule has 1 aromatic carbocycles. The highest BCUT2D eigenvalue weighted by atomic mass is 16.5. The fourth-order valence-corrected chi connectivity index (χ4v) is 3.29. The number of nitrogens with zero attached hydrogens (tertiary/aromatic N) is 1. The van der Waals surface area contributed by atoms with Gasteiger partial charge in [0.1, 0.15) is 18.1 Å². The lowest BCUT2D eigenvalue weighted by Crippen LogP contribution is -2.30. The first kappa shape index (κ1) is 17.2. The van der Waals surface area contributed by atoms with Crippen LogP contribution in [0.3, 0.4) is 0 Å². The zero-order chi connectivity index (χ0) is 18.0. The normalized spacial score (nSPS) is 17.0. The minimum atomic E-state index is -1.04. The maximum Gasteiger partial charge on any atom is 0.335 e. The standard InChI is InChI=1S/C19H21NO5/c1-12-8-13(10-14(9-12)19(22)23)18(21)20-7-3-4-16(20)17-6-5-15(25-17)11-24-2/h5-6,8-10,16H,3-4,7,11H2,1-2H3,(H,22,23). The quantitative estimate of drug-likeness (QED) is 0.900. The maximum absolute atomic E-state index is 13.0. The Morgan fingerprint density at radius 2 is 2.04 bits per heavy atom. The summed E-state index contributed by atoms with van der Waals surface area (Å²) in [5, 5.41) is 9.21. The summed E-state index contributed by atoms with van der Waals surface area (Å²) in [7, 11) is 1.60. The van der Waals surface area contributed by atoms with E-state index in [-0.39, 0.29) is 17.5 Å². The second kappa shape index (κ2) is 7.11. The predicted octanol–water partition coefficient (Wildman–Crippen LogP) is 3.41. The molecular formula is C19H21NO5. The fraction of sp³-hybridized carbons (Fsp3) is 0.368. The van der Waals surface area contributed by atoms with Crippen molar-refractivity contribution in [2.75, 3.05) is 13.7 Å². The fourth-order valence-electron chi connectivity index (χ4n) is 3.29. The maximum atomic E-state index is 13.0. The van der Waals surface area contributed by atoms with Crippen molar-refractivity contribution in [2.45, 2.75) is 32.4 Å². The molecule has 6 nitrogen and oxygen atoms in total. The number of amides is 1. The van der Waals surface area contributed by atoms with Gasteiger partial charge in [-0.2, -0.15) is 0 Å². The molecule has 1 aliphatic heterocycles. The van der Waals surface area contributed by atoms with Crippen LogP contribution >= 0.6 is 0 Å². The molecule has 6 heteroatoms. The number of likely N-dealkylation sites (tertiary alicyclic amines) is 1. The highest BCUT2D eigenvalue weighted by Gasteiger charge is 2.33. The third-order valence-electron chi connectivity index (χ3n) is 4.38. The number of ether oxygens (including phenoxy) is 1. The molecule has 0 radical (unpaired) electrons. The molecule has 25 heavy (non-hydrogen) atoms.